The van der Waals surface area contributed by atoms with Gasteiger partial charge in [0.15, 0.2) is 0 Å². The highest BCUT2D eigenvalue weighted by molar-refractivity contribution is 7.90. The first-order chi connectivity index (χ1) is 20.6. The Hall–Kier alpha value is -3.12. The fourth-order valence-corrected chi connectivity index (χ4v) is 6.70. The molecule has 0 spiro atoms. The number of amides is 1. The molecule has 0 aromatic heterocycles. The Labute approximate surface area is 260 Å². The van der Waals surface area contributed by atoms with Gasteiger partial charge >= 0.3 is 11.9 Å². The molecule has 3 atom stereocenters. The summed E-state index contributed by atoms with van der Waals surface area (Å²) in [6, 6.07) is 7.14. The van der Waals surface area contributed by atoms with Gasteiger partial charge in [-0.05, 0) is 56.0 Å². The van der Waals surface area contributed by atoms with E-state index in [0.717, 1.165) is 18.2 Å². The van der Waals surface area contributed by atoms with E-state index in [1.807, 2.05) is 0 Å². The van der Waals surface area contributed by atoms with Crippen LogP contribution in [0.5, 0.6) is 0 Å². The molecule has 1 fully saturated rings. The topological polar surface area (TPSA) is 211 Å². The Morgan fingerprint density at radius 1 is 1.11 bits per heavy atom. The number of carboxylic acids is 1. The molecule has 44 heavy (non-hydrogen) atoms. The number of nitrogens with two attached hydrogens (primary N) is 1. The number of rotatable bonds is 15. The summed E-state index contributed by atoms with van der Waals surface area (Å²) in [5, 5.41) is 17.2. The summed E-state index contributed by atoms with van der Waals surface area (Å²) in [5.74, 6) is -2.13. The van der Waals surface area contributed by atoms with Gasteiger partial charge in [0.25, 0.3) is 0 Å². The molecule has 0 unspecified atom stereocenters. The normalized spacial score (nSPS) is 16.8. The first kappa shape index (κ1) is 35.4. The van der Waals surface area contributed by atoms with Crippen LogP contribution in [0.1, 0.15) is 37.8 Å². The molecule has 0 saturated carbocycles. The highest BCUT2D eigenvalue weighted by atomic mass is 35.5. The number of carbonyl (C=O) groups is 3. The lowest BCUT2D eigenvalue weighted by Gasteiger charge is -2.27. The molecular weight excluding hydrogens is 640 g/mol. The van der Waals surface area contributed by atoms with E-state index >= 15 is 0 Å². The third-order valence-electron chi connectivity index (χ3n) is 6.78. The third kappa shape index (κ3) is 9.44. The molecule has 1 heterocycles. The number of carboxylic acid groups (broad SMARTS) is 1. The van der Waals surface area contributed by atoms with Crippen LogP contribution in [0.15, 0.2) is 52.3 Å². The second kappa shape index (κ2) is 15.2. The average molecular weight is 675 g/mol. The lowest BCUT2D eigenvalue weighted by atomic mass is 10.1. The fourth-order valence-electron chi connectivity index (χ4n) is 4.51. The van der Waals surface area contributed by atoms with Gasteiger partial charge in [0, 0.05) is 13.1 Å². The van der Waals surface area contributed by atoms with Gasteiger partial charge in [-0.3, -0.25) is 14.9 Å². The molecule has 0 aliphatic carbocycles. The molecule has 242 valence electrons. The van der Waals surface area contributed by atoms with E-state index in [1.54, 1.807) is 38.1 Å². The SMILES string of the molecule is CCOC(=O)[C@H](COCc1ccc(CNS(=O)(=O)c2ccc(Cl)c(S(N)(=O)=O)c2)cc1)N[C@@H](C)C(=O)N1CCC[C@H]1C(=O)O. The van der Waals surface area contributed by atoms with Crippen LogP contribution >= 0.6 is 11.6 Å². The number of hydrogen-bond donors (Lipinski definition) is 4. The molecule has 14 nitrogen and oxygen atoms in total. The summed E-state index contributed by atoms with van der Waals surface area (Å²) < 4.78 is 62.0. The molecule has 0 bridgehead atoms. The molecule has 1 aliphatic heterocycles. The number of hydrogen-bond acceptors (Lipinski definition) is 10. The quantitative estimate of drug-likeness (QED) is 0.195. The van der Waals surface area contributed by atoms with Crippen LogP contribution in [-0.2, 0) is 57.1 Å². The maximum Gasteiger partial charge on any atom is 0.326 e. The van der Waals surface area contributed by atoms with E-state index in [-0.39, 0.29) is 36.3 Å². The molecule has 17 heteroatoms. The van der Waals surface area contributed by atoms with E-state index < -0.39 is 60.9 Å². The molecule has 0 radical (unpaired) electrons. The van der Waals surface area contributed by atoms with Crippen molar-refractivity contribution >= 4 is 49.5 Å². The van der Waals surface area contributed by atoms with Crippen molar-refractivity contribution in [1.82, 2.24) is 14.9 Å². The minimum absolute atomic E-state index is 0.0836. The predicted octanol–water partition coefficient (Wildman–Crippen LogP) is 0.968. The second-order valence-corrected chi connectivity index (χ2v) is 13.7. The largest absolute Gasteiger partial charge is 0.480 e. The van der Waals surface area contributed by atoms with E-state index in [9.17, 15) is 36.3 Å². The number of esters is 1. The van der Waals surface area contributed by atoms with Gasteiger partial charge in [-0.15, -0.1) is 0 Å². The van der Waals surface area contributed by atoms with Crippen LogP contribution in [0.2, 0.25) is 5.02 Å². The molecular formula is C27H35ClN4O10S2. The van der Waals surface area contributed by atoms with Crippen molar-refractivity contribution in [3.8, 4) is 0 Å². The van der Waals surface area contributed by atoms with Crippen molar-refractivity contribution in [1.29, 1.82) is 0 Å². The van der Waals surface area contributed by atoms with Crippen LogP contribution in [-0.4, -0.2) is 82.6 Å². The smallest absolute Gasteiger partial charge is 0.326 e. The monoisotopic (exact) mass is 674 g/mol. The molecule has 5 N–H and O–H groups in total. The lowest BCUT2D eigenvalue weighted by Crippen LogP contribution is -2.54. The van der Waals surface area contributed by atoms with Gasteiger partial charge in [0.1, 0.15) is 17.0 Å². The summed E-state index contributed by atoms with van der Waals surface area (Å²) in [4.78, 5) is 37.4. The standard InChI is InChI=1S/C27H35ClN4O10S2/c1-3-42-27(36)22(31-17(2)25(33)32-12-4-5-23(32)26(34)35)16-41-15-19-8-6-18(7-9-19)14-30-44(39,40)20-10-11-21(28)24(13-20)43(29,37)38/h6-11,13,17,22-23,30-31H,3-5,12,14-16H2,1-2H3,(H,34,35)(H2,29,37,38)/t17-,22-,23-/m0/s1. The minimum Gasteiger partial charge on any atom is -0.480 e. The van der Waals surface area contributed by atoms with E-state index in [1.165, 1.54) is 4.90 Å². The van der Waals surface area contributed by atoms with Gasteiger partial charge in [-0.1, -0.05) is 35.9 Å². The van der Waals surface area contributed by atoms with Crippen LogP contribution in [0.25, 0.3) is 0 Å². The van der Waals surface area contributed by atoms with Gasteiger partial charge in [0.2, 0.25) is 26.0 Å². The van der Waals surface area contributed by atoms with Gasteiger partial charge in [-0.25, -0.2) is 31.5 Å². The number of nitrogens with one attached hydrogen (secondary N) is 2. The molecule has 3 rings (SSSR count). The number of benzene rings is 2. The second-order valence-electron chi connectivity index (χ2n) is 10.0. The molecule has 2 aromatic rings. The molecule has 1 aliphatic rings. The van der Waals surface area contributed by atoms with Crippen molar-refractivity contribution in [2.24, 2.45) is 5.14 Å². The maximum atomic E-state index is 12.9. The summed E-state index contributed by atoms with van der Waals surface area (Å²) in [5.41, 5.74) is 1.30. The average Bonchev–Trinajstić information content (AvgIpc) is 3.46. The van der Waals surface area contributed by atoms with Crippen LogP contribution in [0.4, 0.5) is 0 Å². The number of ether oxygens (including phenoxy) is 2. The fraction of sp³-hybridized carbons (Fsp3) is 0.444. The van der Waals surface area contributed by atoms with Crippen molar-refractivity contribution < 1.29 is 45.8 Å². The zero-order valence-electron chi connectivity index (χ0n) is 24.1. The number of likely N-dealkylation sites (tertiary alicyclic amines) is 1. The van der Waals surface area contributed by atoms with Crippen LogP contribution < -0.4 is 15.2 Å². The summed E-state index contributed by atoms with van der Waals surface area (Å²) in [6.45, 7) is 3.47. The van der Waals surface area contributed by atoms with E-state index in [4.69, 9.17) is 26.2 Å². The highest BCUT2D eigenvalue weighted by Gasteiger charge is 2.37. The van der Waals surface area contributed by atoms with Gasteiger partial charge in [0.05, 0.1) is 35.8 Å². The Morgan fingerprint density at radius 3 is 2.39 bits per heavy atom. The highest BCUT2D eigenvalue weighted by Crippen LogP contribution is 2.24. The van der Waals surface area contributed by atoms with E-state index in [2.05, 4.69) is 10.0 Å². The number of carbonyl (C=O) groups excluding carboxylic acids is 2. The number of primary sulfonamides is 1. The zero-order chi connectivity index (χ0) is 32.7. The zero-order valence-corrected chi connectivity index (χ0v) is 26.5. The first-order valence-electron chi connectivity index (χ1n) is 13.6. The van der Waals surface area contributed by atoms with Crippen LogP contribution in [0, 0.1) is 0 Å². The Bertz CT molecular complexity index is 1570. The summed E-state index contributed by atoms with van der Waals surface area (Å²) in [6.07, 6.45) is 0.947. The molecule has 1 saturated heterocycles. The maximum absolute atomic E-state index is 12.9. The van der Waals surface area contributed by atoms with Gasteiger partial charge in [-0.2, -0.15) is 0 Å². The van der Waals surface area contributed by atoms with Crippen molar-refractivity contribution in [3.05, 3.63) is 58.6 Å². The summed E-state index contributed by atoms with van der Waals surface area (Å²) in [7, 11) is -8.32. The minimum atomic E-state index is -4.23. The number of sulfonamides is 2. The number of nitrogens with zero attached hydrogens (tertiary/aromatic N) is 1. The van der Waals surface area contributed by atoms with Crippen LogP contribution in [0.3, 0.4) is 0 Å². The Morgan fingerprint density at radius 2 is 1.77 bits per heavy atom. The van der Waals surface area contributed by atoms with Crippen molar-refractivity contribution in [2.75, 3.05) is 19.8 Å². The number of aliphatic carboxylic acids is 1. The first-order valence-corrected chi connectivity index (χ1v) is 17.0. The van der Waals surface area contributed by atoms with Gasteiger partial charge < -0.3 is 19.5 Å². The molecule has 1 amide bonds. The van der Waals surface area contributed by atoms with Crippen molar-refractivity contribution in [3.63, 3.8) is 0 Å². The summed E-state index contributed by atoms with van der Waals surface area (Å²) >= 11 is 5.83. The predicted molar refractivity (Wildman–Crippen MR) is 158 cm³/mol. The molecule has 2 aromatic carbocycles. The Kier molecular flexibility index (Phi) is 12.3. The third-order valence-corrected chi connectivity index (χ3v) is 9.57. The van der Waals surface area contributed by atoms with E-state index in [0.29, 0.717) is 30.5 Å². The Balaban J connectivity index is 1.56. The lowest BCUT2D eigenvalue weighted by molar-refractivity contribution is -0.151. The van der Waals surface area contributed by atoms with Crippen molar-refractivity contribution in [2.45, 2.75) is 67.8 Å². The number of halogens is 1.